The number of rotatable bonds is 6. The number of amides is 1. The zero-order valence-electron chi connectivity index (χ0n) is 15.5. The van der Waals surface area contributed by atoms with Gasteiger partial charge in [0.25, 0.3) is 0 Å². The Bertz CT molecular complexity index is 923. The monoisotopic (exact) mass is 421 g/mol. The molecule has 0 saturated heterocycles. The molecule has 0 radical (unpaired) electrons. The van der Waals surface area contributed by atoms with Crippen LogP contribution in [0.3, 0.4) is 0 Å². The molecular formula is C20H20ClNO5S. The summed E-state index contributed by atoms with van der Waals surface area (Å²) in [7, 11) is 2.60. The van der Waals surface area contributed by atoms with E-state index >= 15 is 0 Å². The molecule has 1 aromatic carbocycles. The molecule has 1 aliphatic carbocycles. The molecule has 0 spiro atoms. The second-order valence-electron chi connectivity index (χ2n) is 6.43. The van der Waals surface area contributed by atoms with Crippen LogP contribution in [-0.2, 0) is 31.9 Å². The normalized spacial score (nSPS) is 15.0. The molecule has 1 unspecified atom stereocenters. The smallest absolute Gasteiger partial charge is 0.341 e. The lowest BCUT2D eigenvalue weighted by atomic mass is 9.99. The van der Waals surface area contributed by atoms with E-state index in [2.05, 4.69) is 5.32 Å². The third-order valence-corrected chi connectivity index (χ3v) is 6.10. The van der Waals surface area contributed by atoms with Gasteiger partial charge in [0.05, 0.1) is 25.7 Å². The van der Waals surface area contributed by atoms with Crippen molar-refractivity contribution in [3.05, 3.63) is 50.9 Å². The lowest BCUT2D eigenvalue weighted by Crippen LogP contribution is -2.17. The van der Waals surface area contributed by atoms with Gasteiger partial charge in [0.15, 0.2) is 0 Å². The Hall–Kier alpha value is -2.38. The third-order valence-electron chi connectivity index (χ3n) is 4.69. The first-order chi connectivity index (χ1) is 13.4. The maximum Gasteiger partial charge on any atom is 0.341 e. The van der Waals surface area contributed by atoms with E-state index in [-0.39, 0.29) is 23.9 Å². The molecule has 28 heavy (non-hydrogen) atoms. The topological polar surface area (TPSA) is 81.7 Å². The van der Waals surface area contributed by atoms with Crippen LogP contribution in [0.1, 0.15) is 45.1 Å². The Labute approximate surface area is 171 Å². The highest BCUT2D eigenvalue weighted by atomic mass is 35.5. The predicted octanol–water partition coefficient (Wildman–Crippen LogP) is 3.96. The predicted molar refractivity (Wildman–Crippen MR) is 107 cm³/mol. The van der Waals surface area contributed by atoms with Gasteiger partial charge < -0.3 is 14.8 Å². The quantitative estimate of drug-likeness (QED) is 0.714. The zero-order valence-corrected chi connectivity index (χ0v) is 17.1. The highest BCUT2D eigenvalue weighted by Crippen LogP contribution is 2.45. The van der Waals surface area contributed by atoms with Crippen molar-refractivity contribution < 1.29 is 23.9 Å². The first-order valence-electron chi connectivity index (χ1n) is 8.80. The molecule has 148 valence electrons. The van der Waals surface area contributed by atoms with Crippen LogP contribution in [0.5, 0.6) is 0 Å². The van der Waals surface area contributed by atoms with Crippen molar-refractivity contribution in [1.82, 2.24) is 0 Å². The number of thiophene rings is 1. The van der Waals surface area contributed by atoms with Gasteiger partial charge in [-0.25, -0.2) is 4.79 Å². The van der Waals surface area contributed by atoms with Crippen molar-refractivity contribution >= 4 is 45.8 Å². The van der Waals surface area contributed by atoms with Crippen LogP contribution in [0.15, 0.2) is 24.3 Å². The molecule has 1 atom stereocenters. The standard InChI is InChI=1S/C20H20ClNO5S/c1-26-19(24)13-7-8-14-16(13)17(20(25)27-2)18(28-14)22-15(23)9-6-11-4-3-5-12(21)10-11/h3-5,10,13H,6-9H2,1-2H3,(H,22,23). The Morgan fingerprint density at radius 1 is 1.25 bits per heavy atom. The number of carbonyl (C=O) groups is 3. The number of hydrogen-bond acceptors (Lipinski definition) is 6. The molecule has 8 heteroatoms. The maximum atomic E-state index is 12.5. The van der Waals surface area contributed by atoms with Crippen molar-refractivity contribution in [3.63, 3.8) is 0 Å². The average Bonchev–Trinajstić information content (AvgIpc) is 3.24. The number of hydrogen-bond donors (Lipinski definition) is 1. The molecule has 0 fully saturated rings. The number of nitrogens with one attached hydrogen (secondary N) is 1. The van der Waals surface area contributed by atoms with Crippen LogP contribution in [-0.4, -0.2) is 32.1 Å². The number of fused-ring (bicyclic) bond motifs is 1. The summed E-state index contributed by atoms with van der Waals surface area (Å²) in [4.78, 5) is 37.8. The Balaban J connectivity index is 1.79. The van der Waals surface area contributed by atoms with E-state index in [0.717, 1.165) is 10.4 Å². The van der Waals surface area contributed by atoms with E-state index in [9.17, 15) is 14.4 Å². The van der Waals surface area contributed by atoms with E-state index in [0.29, 0.717) is 34.8 Å². The van der Waals surface area contributed by atoms with Gasteiger partial charge in [-0.3, -0.25) is 9.59 Å². The van der Waals surface area contributed by atoms with Crippen LogP contribution in [0.25, 0.3) is 0 Å². The second-order valence-corrected chi connectivity index (χ2v) is 7.97. The average molecular weight is 422 g/mol. The van der Waals surface area contributed by atoms with Crippen LogP contribution in [0.4, 0.5) is 5.00 Å². The first kappa shape index (κ1) is 20.4. The highest BCUT2D eigenvalue weighted by Gasteiger charge is 2.38. The third kappa shape index (κ3) is 4.20. The van der Waals surface area contributed by atoms with E-state index in [4.69, 9.17) is 21.1 Å². The molecule has 2 aromatic rings. The molecule has 6 nitrogen and oxygen atoms in total. The minimum atomic E-state index is -0.571. The van der Waals surface area contributed by atoms with Crippen LogP contribution in [0, 0.1) is 0 Å². The molecule has 0 saturated carbocycles. The van der Waals surface area contributed by atoms with E-state index in [1.807, 2.05) is 18.2 Å². The summed E-state index contributed by atoms with van der Waals surface area (Å²) in [5.74, 6) is -1.69. The van der Waals surface area contributed by atoms with Crippen molar-refractivity contribution in [2.24, 2.45) is 0 Å². The molecular weight excluding hydrogens is 402 g/mol. The van der Waals surface area contributed by atoms with Gasteiger partial charge >= 0.3 is 11.9 Å². The summed E-state index contributed by atoms with van der Waals surface area (Å²) >= 11 is 7.28. The molecule has 1 aliphatic rings. The summed E-state index contributed by atoms with van der Waals surface area (Å²) in [5.41, 5.74) is 1.83. The molecule has 1 amide bonds. The van der Waals surface area contributed by atoms with Crippen LogP contribution < -0.4 is 5.32 Å². The van der Waals surface area contributed by atoms with Gasteiger partial charge in [0.1, 0.15) is 5.00 Å². The van der Waals surface area contributed by atoms with Gasteiger partial charge in [0, 0.05) is 16.3 Å². The number of ether oxygens (including phenoxy) is 2. The number of carbonyl (C=O) groups excluding carboxylic acids is 3. The minimum Gasteiger partial charge on any atom is -0.469 e. The second kappa shape index (κ2) is 8.75. The van der Waals surface area contributed by atoms with Crippen LogP contribution in [0.2, 0.25) is 5.02 Å². The summed E-state index contributed by atoms with van der Waals surface area (Å²) in [6.07, 6.45) is 2.00. The van der Waals surface area contributed by atoms with Crippen LogP contribution >= 0.6 is 22.9 Å². The summed E-state index contributed by atoms with van der Waals surface area (Å²) < 4.78 is 9.76. The number of aryl methyl sites for hydroxylation is 2. The SMILES string of the molecule is COC(=O)c1c(NC(=O)CCc2cccc(Cl)c2)sc2c1C(C(=O)OC)CC2. The number of methoxy groups -OCH3 is 2. The number of halogens is 1. The van der Waals surface area contributed by atoms with Gasteiger partial charge in [0.2, 0.25) is 5.91 Å². The molecule has 1 heterocycles. The van der Waals surface area contributed by atoms with Gasteiger partial charge in [-0.05, 0) is 42.5 Å². The summed E-state index contributed by atoms with van der Waals surface area (Å²) in [6, 6.07) is 7.33. The largest absolute Gasteiger partial charge is 0.469 e. The van der Waals surface area contributed by atoms with Crippen molar-refractivity contribution in [3.8, 4) is 0 Å². The Morgan fingerprint density at radius 2 is 2.04 bits per heavy atom. The number of benzene rings is 1. The number of esters is 2. The van der Waals surface area contributed by atoms with Crippen molar-refractivity contribution in [1.29, 1.82) is 0 Å². The number of anilines is 1. The van der Waals surface area contributed by atoms with Crippen molar-refractivity contribution in [2.75, 3.05) is 19.5 Å². The molecule has 3 rings (SSSR count). The summed E-state index contributed by atoms with van der Waals surface area (Å²) in [5, 5.41) is 3.85. The lowest BCUT2D eigenvalue weighted by molar-refractivity contribution is -0.142. The Morgan fingerprint density at radius 3 is 2.71 bits per heavy atom. The van der Waals surface area contributed by atoms with E-state index < -0.39 is 11.9 Å². The summed E-state index contributed by atoms with van der Waals surface area (Å²) in [6.45, 7) is 0. The van der Waals surface area contributed by atoms with E-state index in [1.54, 1.807) is 6.07 Å². The van der Waals surface area contributed by atoms with E-state index in [1.165, 1.54) is 25.6 Å². The van der Waals surface area contributed by atoms with Gasteiger partial charge in [-0.15, -0.1) is 11.3 Å². The fourth-order valence-corrected chi connectivity index (χ4v) is 4.87. The lowest BCUT2D eigenvalue weighted by Gasteiger charge is -2.11. The Kier molecular flexibility index (Phi) is 6.36. The first-order valence-corrected chi connectivity index (χ1v) is 10.00. The fraction of sp³-hybridized carbons (Fsp3) is 0.350. The molecule has 1 N–H and O–H groups in total. The van der Waals surface area contributed by atoms with Gasteiger partial charge in [-0.1, -0.05) is 23.7 Å². The minimum absolute atomic E-state index is 0.223. The zero-order chi connectivity index (χ0) is 20.3. The molecule has 0 aliphatic heterocycles. The fourth-order valence-electron chi connectivity index (χ4n) is 3.38. The maximum absolute atomic E-state index is 12.5. The van der Waals surface area contributed by atoms with Crippen molar-refractivity contribution in [2.45, 2.75) is 31.6 Å². The molecule has 0 bridgehead atoms. The highest BCUT2D eigenvalue weighted by molar-refractivity contribution is 7.17. The van der Waals surface area contributed by atoms with Gasteiger partial charge in [-0.2, -0.15) is 0 Å². The molecule has 1 aromatic heterocycles.